The summed E-state index contributed by atoms with van der Waals surface area (Å²) in [5.41, 5.74) is 4.80. The number of rotatable bonds is 10. The second kappa shape index (κ2) is 11.5. The third-order valence-electron chi connectivity index (χ3n) is 5.43. The number of phosphoric acid groups is 1. The van der Waals surface area contributed by atoms with Gasteiger partial charge in [0.1, 0.15) is 6.54 Å². The van der Waals surface area contributed by atoms with Crippen LogP contribution in [0.5, 0.6) is 0 Å². The highest BCUT2D eigenvalue weighted by Gasteiger charge is 2.28. The van der Waals surface area contributed by atoms with Gasteiger partial charge in [-0.1, -0.05) is 55.4 Å². The van der Waals surface area contributed by atoms with E-state index < -0.39 is 19.7 Å². The molecule has 32 heavy (non-hydrogen) atoms. The highest BCUT2D eigenvalue weighted by molar-refractivity contribution is 7.44. The molecule has 0 amide bonds. The zero-order valence-electron chi connectivity index (χ0n) is 20.8. The van der Waals surface area contributed by atoms with Crippen LogP contribution in [0.1, 0.15) is 53.9 Å². The minimum atomic E-state index is -5.02. The van der Waals surface area contributed by atoms with E-state index in [9.17, 15) is 14.3 Å². The van der Waals surface area contributed by atoms with Gasteiger partial charge in [0.05, 0.1) is 21.1 Å². The molecule has 0 aliphatic heterocycles. The van der Waals surface area contributed by atoms with E-state index in [2.05, 4.69) is 37.4 Å². The number of carbonyl (C=O) groups is 1. The quantitative estimate of drug-likeness (QED) is 0.220. The zero-order valence-corrected chi connectivity index (χ0v) is 21.7. The fraction of sp³-hybridized carbons (Fsp3) is 0.560. The molecule has 0 saturated carbocycles. The number of phosphoric ester groups is 1. The number of carbonyl (C=O) groups excluding carboxylic acids is 1. The summed E-state index contributed by atoms with van der Waals surface area (Å²) in [5, 5.41) is 0. The van der Waals surface area contributed by atoms with Crippen LogP contribution < -0.4 is 4.89 Å². The number of likely N-dealkylation sites (N-methyl/N-ethyl adjacent to an activating group) is 1. The van der Waals surface area contributed by atoms with E-state index in [1.807, 2.05) is 19.1 Å². The number of ketones is 1. The summed E-state index contributed by atoms with van der Waals surface area (Å²) in [6.45, 7) is 10.7. The lowest BCUT2D eigenvalue weighted by Gasteiger charge is -2.32. The summed E-state index contributed by atoms with van der Waals surface area (Å²) >= 11 is 0. The smallest absolute Gasteiger partial charge is 0.266 e. The monoisotopic (exact) mass is 465 g/mol. The number of hydrogen-bond acceptors (Lipinski definition) is 4. The van der Waals surface area contributed by atoms with E-state index >= 15 is 0 Å². The Hall–Kier alpha value is -1.56. The Bertz CT molecular complexity index is 878. The summed E-state index contributed by atoms with van der Waals surface area (Å²) in [6.07, 6.45) is 13.6. The predicted octanol–water partition coefficient (Wildman–Crippen LogP) is 4.64. The Balaban J connectivity index is 2.89. The molecule has 0 heterocycles. The van der Waals surface area contributed by atoms with Crippen molar-refractivity contribution in [1.82, 2.24) is 0 Å². The van der Waals surface area contributed by atoms with E-state index in [1.165, 1.54) is 30.1 Å². The molecule has 0 radical (unpaired) electrons. The van der Waals surface area contributed by atoms with Crippen LogP contribution in [-0.2, 0) is 13.9 Å². The van der Waals surface area contributed by atoms with Gasteiger partial charge >= 0.3 is 0 Å². The fourth-order valence-electron chi connectivity index (χ4n) is 3.83. The summed E-state index contributed by atoms with van der Waals surface area (Å²) in [7, 11) is 0.396. The van der Waals surface area contributed by atoms with Crippen LogP contribution in [0.4, 0.5) is 0 Å². The van der Waals surface area contributed by atoms with E-state index in [1.54, 1.807) is 34.1 Å². The van der Waals surface area contributed by atoms with E-state index in [0.717, 1.165) is 12.0 Å². The third kappa shape index (κ3) is 10.8. The summed E-state index contributed by atoms with van der Waals surface area (Å²) < 4.78 is 16.1. The number of nitrogens with zero attached hydrogens (tertiary/aromatic N) is 1. The van der Waals surface area contributed by atoms with Crippen molar-refractivity contribution in [1.29, 1.82) is 0 Å². The molecule has 0 fully saturated rings. The first-order valence-electron chi connectivity index (χ1n) is 11.0. The van der Waals surface area contributed by atoms with Crippen LogP contribution in [0.25, 0.3) is 0 Å². The molecule has 0 aromatic carbocycles. The van der Waals surface area contributed by atoms with Gasteiger partial charge in [-0.05, 0) is 62.7 Å². The first kappa shape index (κ1) is 28.5. The molecule has 1 N–H and O–H groups in total. The van der Waals surface area contributed by atoms with E-state index in [-0.39, 0.29) is 12.0 Å². The van der Waals surface area contributed by atoms with Gasteiger partial charge in [0.2, 0.25) is 0 Å². The van der Waals surface area contributed by atoms with Crippen LogP contribution in [0.2, 0.25) is 0 Å². The van der Waals surface area contributed by atoms with Gasteiger partial charge in [-0.15, -0.1) is 0 Å². The van der Waals surface area contributed by atoms with Gasteiger partial charge in [0.25, 0.3) is 7.82 Å². The molecule has 7 heteroatoms. The zero-order chi connectivity index (χ0) is 24.7. The van der Waals surface area contributed by atoms with Gasteiger partial charge < -0.3 is 18.8 Å². The maximum atomic E-state index is 12.5. The van der Waals surface area contributed by atoms with Crippen molar-refractivity contribution >= 4 is 13.6 Å². The van der Waals surface area contributed by atoms with Crippen molar-refractivity contribution in [3.05, 3.63) is 58.7 Å². The second-order valence-electron chi connectivity index (χ2n) is 10.4. The molecule has 0 aromatic rings. The number of allylic oxidation sites excluding steroid dienone is 9. The molecule has 0 saturated heterocycles. The third-order valence-corrected chi connectivity index (χ3v) is 5.96. The Morgan fingerprint density at radius 3 is 2.41 bits per heavy atom. The fourth-order valence-corrected chi connectivity index (χ4v) is 4.32. The van der Waals surface area contributed by atoms with Crippen molar-refractivity contribution in [2.45, 2.75) is 60.0 Å². The van der Waals surface area contributed by atoms with Crippen molar-refractivity contribution < 1.29 is 28.2 Å². The maximum Gasteiger partial charge on any atom is 0.266 e. The molecule has 0 spiro atoms. The molecular formula is C25H40NO5P. The van der Waals surface area contributed by atoms with Gasteiger partial charge in [0, 0.05) is 0 Å². The minimum absolute atomic E-state index is 0.106. The first-order chi connectivity index (χ1) is 14.5. The van der Waals surface area contributed by atoms with Gasteiger partial charge in [0.15, 0.2) is 11.9 Å². The Morgan fingerprint density at radius 1 is 1.25 bits per heavy atom. The topological polar surface area (TPSA) is 86.7 Å². The van der Waals surface area contributed by atoms with Crippen LogP contribution in [-0.4, -0.2) is 49.0 Å². The Labute approximate surface area is 193 Å². The highest BCUT2D eigenvalue weighted by Crippen LogP contribution is 2.40. The lowest BCUT2D eigenvalue weighted by atomic mass is 9.72. The Kier molecular flexibility index (Phi) is 10.3. The van der Waals surface area contributed by atoms with Crippen molar-refractivity contribution in [3.63, 3.8) is 0 Å². The minimum Gasteiger partial charge on any atom is -0.756 e. The van der Waals surface area contributed by atoms with Crippen molar-refractivity contribution in [3.8, 4) is 0 Å². The van der Waals surface area contributed by atoms with E-state index in [0.29, 0.717) is 10.1 Å². The lowest BCUT2D eigenvalue weighted by molar-refractivity contribution is -0.872. The average molecular weight is 466 g/mol. The van der Waals surface area contributed by atoms with Crippen molar-refractivity contribution in [2.75, 3.05) is 27.7 Å². The van der Waals surface area contributed by atoms with Gasteiger partial charge in [-0.2, -0.15) is 0 Å². The molecule has 6 nitrogen and oxygen atoms in total. The first-order valence-corrected chi connectivity index (χ1v) is 12.5. The van der Waals surface area contributed by atoms with Crippen LogP contribution in [0.15, 0.2) is 58.7 Å². The number of quaternary nitrogens is 1. The molecule has 0 aromatic heterocycles. The molecule has 2 unspecified atom stereocenters. The molecule has 1 aliphatic carbocycles. The summed E-state index contributed by atoms with van der Waals surface area (Å²) in [4.78, 5) is 32.7. The molecule has 1 aliphatic rings. The number of hydrogen-bond donors (Lipinski definition) is 1. The van der Waals surface area contributed by atoms with Crippen molar-refractivity contribution in [2.24, 2.45) is 5.41 Å². The van der Waals surface area contributed by atoms with Crippen LogP contribution in [0, 0.1) is 5.41 Å². The molecule has 1 rings (SSSR count). The summed E-state index contributed by atoms with van der Waals surface area (Å²) in [6, 6.07) is 0. The second-order valence-corrected chi connectivity index (χ2v) is 11.5. The standard InChI is InChI=1S/C25H40NO5P/c1-19(14-15-22-21(3)13-10-16-25(22,4)5)11-9-12-20(2)17-23(27)24(18-26(6,7)8)31-32(28,29)30/h9,11-12,14-15,17,24H,10,13,16,18H2,1-8H3,(H-,28,29,30)/b12-9?,15-14?,19-11-,20-17?. The average Bonchev–Trinajstić information content (AvgIpc) is 2.57. The Morgan fingerprint density at radius 2 is 1.88 bits per heavy atom. The van der Waals surface area contributed by atoms with Gasteiger partial charge in [-0.3, -0.25) is 9.36 Å². The maximum absolute atomic E-state index is 12.5. The predicted molar refractivity (Wildman–Crippen MR) is 129 cm³/mol. The van der Waals surface area contributed by atoms with Crippen LogP contribution in [0.3, 0.4) is 0 Å². The van der Waals surface area contributed by atoms with E-state index in [4.69, 9.17) is 4.89 Å². The molecule has 180 valence electrons. The SMILES string of the molecule is CC(C=C/C=C(/C)C=CC1=C(C)CCCC1(C)C)=CC(=O)C(C[N+](C)(C)C)OP(=O)([O-])O. The van der Waals surface area contributed by atoms with Crippen LogP contribution >= 0.6 is 7.82 Å². The van der Waals surface area contributed by atoms with Gasteiger partial charge in [-0.25, -0.2) is 0 Å². The molecule has 2 atom stereocenters. The molecule has 0 bridgehead atoms. The lowest BCUT2D eigenvalue weighted by Crippen LogP contribution is -2.45. The summed E-state index contributed by atoms with van der Waals surface area (Å²) in [5.74, 6) is -0.507. The molecular weight excluding hydrogens is 425 g/mol. The normalized spacial score (nSPS) is 21.3. The largest absolute Gasteiger partial charge is 0.756 e. The highest BCUT2D eigenvalue weighted by atomic mass is 31.2.